The van der Waals surface area contributed by atoms with E-state index in [0.29, 0.717) is 25.4 Å². The molecule has 3 aliphatic rings. The minimum atomic E-state index is 0.102. The average molecular weight is 451 g/mol. The summed E-state index contributed by atoms with van der Waals surface area (Å²) in [7, 11) is 0. The number of amides is 2. The number of rotatable bonds is 3. The largest absolute Gasteiger partial charge is 0.370 e. The van der Waals surface area contributed by atoms with E-state index in [1.54, 1.807) is 0 Å². The zero-order valence-electron chi connectivity index (χ0n) is 19.9. The third kappa shape index (κ3) is 4.69. The first-order valence-electron chi connectivity index (χ1n) is 12.1. The van der Waals surface area contributed by atoms with Crippen molar-refractivity contribution in [3.8, 4) is 11.3 Å². The van der Waals surface area contributed by atoms with Crippen LogP contribution >= 0.6 is 0 Å². The van der Waals surface area contributed by atoms with E-state index in [1.807, 2.05) is 16.0 Å². The van der Waals surface area contributed by atoms with Gasteiger partial charge in [-0.3, -0.25) is 9.48 Å². The molecule has 0 saturated carbocycles. The zero-order chi connectivity index (χ0) is 23.2. The standard InChI is InChI=1S/C26H34N4O3/c1-26(2,3)17-30-23(8-10-27-30)19-6-4-18(5-7-19)21-14-29(15-21)25(32)28-11-9-24-20(13-28)12-22(31)16-33-24/h4-8,10,20-21,24H,9,11-17H2,1-3H3/t20-,24+/m1/s1. The maximum atomic E-state index is 13.0. The number of benzene rings is 1. The van der Waals surface area contributed by atoms with Gasteiger partial charge in [-0.1, -0.05) is 45.0 Å². The summed E-state index contributed by atoms with van der Waals surface area (Å²) >= 11 is 0. The maximum absolute atomic E-state index is 13.0. The molecule has 2 amide bonds. The van der Waals surface area contributed by atoms with E-state index >= 15 is 0 Å². The van der Waals surface area contributed by atoms with Crippen LogP contribution in [0.5, 0.6) is 0 Å². The Kier molecular flexibility index (Phi) is 5.77. The van der Waals surface area contributed by atoms with Gasteiger partial charge in [0.2, 0.25) is 0 Å². The van der Waals surface area contributed by atoms with Crippen molar-refractivity contribution in [3.63, 3.8) is 0 Å². The van der Waals surface area contributed by atoms with Crippen molar-refractivity contribution in [3.05, 3.63) is 42.1 Å². The van der Waals surface area contributed by atoms with Crippen molar-refractivity contribution in [2.24, 2.45) is 11.3 Å². The summed E-state index contributed by atoms with van der Waals surface area (Å²) in [5, 5.41) is 4.51. The Bertz CT molecular complexity index is 1020. The molecule has 0 radical (unpaired) electrons. The van der Waals surface area contributed by atoms with Gasteiger partial charge in [0.05, 0.1) is 11.8 Å². The predicted molar refractivity (Wildman–Crippen MR) is 126 cm³/mol. The summed E-state index contributed by atoms with van der Waals surface area (Å²) in [6.45, 7) is 10.6. The zero-order valence-corrected chi connectivity index (χ0v) is 19.9. The molecule has 0 spiro atoms. The number of aromatic nitrogens is 2. The van der Waals surface area contributed by atoms with Crippen LogP contribution in [0.4, 0.5) is 4.79 Å². The van der Waals surface area contributed by atoms with Crippen molar-refractivity contribution in [1.29, 1.82) is 0 Å². The minimum Gasteiger partial charge on any atom is -0.370 e. The molecule has 0 N–H and O–H groups in total. The maximum Gasteiger partial charge on any atom is 0.320 e. The molecule has 1 aromatic carbocycles. The molecule has 3 aliphatic heterocycles. The quantitative estimate of drug-likeness (QED) is 0.714. The second-order valence-electron chi connectivity index (χ2n) is 11.0. The number of carbonyl (C=O) groups is 2. The Labute approximate surface area is 195 Å². The number of carbonyl (C=O) groups excluding carboxylic acids is 2. The number of ketones is 1. The number of urea groups is 1. The van der Waals surface area contributed by atoms with Gasteiger partial charge in [-0.25, -0.2) is 4.79 Å². The highest BCUT2D eigenvalue weighted by Crippen LogP contribution is 2.32. The lowest BCUT2D eigenvalue weighted by Crippen LogP contribution is -2.58. The van der Waals surface area contributed by atoms with E-state index in [1.165, 1.54) is 11.1 Å². The molecule has 176 valence electrons. The van der Waals surface area contributed by atoms with Crippen LogP contribution in [0.3, 0.4) is 0 Å². The highest BCUT2D eigenvalue weighted by Gasteiger charge is 2.40. The molecule has 7 heteroatoms. The van der Waals surface area contributed by atoms with Gasteiger partial charge in [-0.05, 0) is 29.0 Å². The van der Waals surface area contributed by atoms with Gasteiger partial charge in [-0.15, -0.1) is 0 Å². The monoisotopic (exact) mass is 450 g/mol. The molecule has 1 aromatic heterocycles. The molecular weight excluding hydrogens is 416 g/mol. The van der Waals surface area contributed by atoms with Crippen molar-refractivity contribution in [1.82, 2.24) is 19.6 Å². The Morgan fingerprint density at radius 1 is 1.09 bits per heavy atom. The number of Topliss-reactive ketones (excluding diaryl/α,β-unsaturated/α-hetero) is 1. The van der Waals surface area contributed by atoms with Crippen LogP contribution in [-0.4, -0.2) is 70.3 Å². The third-order valence-corrected chi connectivity index (χ3v) is 7.05. The fraction of sp³-hybridized carbons (Fsp3) is 0.577. The summed E-state index contributed by atoms with van der Waals surface area (Å²) in [5.74, 6) is 0.680. The van der Waals surface area contributed by atoms with Crippen LogP contribution in [0.15, 0.2) is 36.5 Å². The van der Waals surface area contributed by atoms with Gasteiger partial charge in [-0.2, -0.15) is 5.10 Å². The lowest BCUT2D eigenvalue weighted by molar-refractivity contribution is -0.140. The SMILES string of the molecule is CC(C)(C)Cn1nccc1-c1ccc(C2CN(C(=O)N3CC[C@@H]4OCC(=O)C[C@@H]4C3)C2)cc1. The Morgan fingerprint density at radius 3 is 2.58 bits per heavy atom. The fourth-order valence-corrected chi connectivity index (χ4v) is 5.28. The van der Waals surface area contributed by atoms with E-state index in [0.717, 1.165) is 31.7 Å². The van der Waals surface area contributed by atoms with Crippen LogP contribution in [0, 0.1) is 11.3 Å². The number of nitrogens with zero attached hydrogens (tertiary/aromatic N) is 4. The Balaban J connectivity index is 1.17. The molecule has 33 heavy (non-hydrogen) atoms. The Morgan fingerprint density at radius 2 is 1.85 bits per heavy atom. The van der Waals surface area contributed by atoms with Crippen LogP contribution in [0.2, 0.25) is 0 Å². The lowest BCUT2D eigenvalue weighted by Gasteiger charge is -2.46. The Hall–Kier alpha value is -2.67. The minimum absolute atomic E-state index is 0.102. The van der Waals surface area contributed by atoms with E-state index in [4.69, 9.17) is 4.74 Å². The normalized spacial score (nSPS) is 23.9. The number of fused-ring (bicyclic) bond motifs is 1. The van der Waals surface area contributed by atoms with Crippen LogP contribution in [0.1, 0.15) is 45.1 Å². The molecule has 3 saturated heterocycles. The molecule has 5 rings (SSSR count). The number of piperidine rings is 1. The van der Waals surface area contributed by atoms with Gasteiger partial charge < -0.3 is 14.5 Å². The molecule has 0 bridgehead atoms. The van der Waals surface area contributed by atoms with E-state index in [-0.39, 0.29) is 35.9 Å². The fourth-order valence-electron chi connectivity index (χ4n) is 5.28. The second-order valence-corrected chi connectivity index (χ2v) is 11.0. The predicted octanol–water partition coefficient (Wildman–Crippen LogP) is 3.80. The topological polar surface area (TPSA) is 67.7 Å². The smallest absolute Gasteiger partial charge is 0.320 e. The molecule has 0 aliphatic carbocycles. The number of hydrogen-bond acceptors (Lipinski definition) is 4. The third-order valence-electron chi connectivity index (χ3n) is 7.05. The first-order chi connectivity index (χ1) is 15.8. The summed E-state index contributed by atoms with van der Waals surface area (Å²) in [4.78, 5) is 28.6. The first kappa shape index (κ1) is 22.1. The van der Waals surface area contributed by atoms with Gasteiger partial charge in [0.1, 0.15) is 6.61 Å². The highest BCUT2D eigenvalue weighted by atomic mass is 16.5. The van der Waals surface area contributed by atoms with Gasteiger partial charge in [0, 0.05) is 57.2 Å². The van der Waals surface area contributed by atoms with E-state index < -0.39 is 0 Å². The van der Waals surface area contributed by atoms with Gasteiger partial charge in [0.15, 0.2) is 5.78 Å². The molecule has 7 nitrogen and oxygen atoms in total. The van der Waals surface area contributed by atoms with Crippen molar-refractivity contribution < 1.29 is 14.3 Å². The molecule has 0 unspecified atom stereocenters. The molecule has 4 heterocycles. The first-order valence-corrected chi connectivity index (χ1v) is 12.1. The number of likely N-dealkylation sites (tertiary alicyclic amines) is 2. The summed E-state index contributed by atoms with van der Waals surface area (Å²) in [6, 6.07) is 10.9. The highest BCUT2D eigenvalue weighted by molar-refractivity contribution is 5.81. The molecule has 3 fully saturated rings. The lowest BCUT2D eigenvalue weighted by atomic mass is 9.87. The average Bonchev–Trinajstić information content (AvgIpc) is 3.19. The van der Waals surface area contributed by atoms with Crippen molar-refractivity contribution >= 4 is 11.8 Å². The second kappa shape index (κ2) is 8.60. The van der Waals surface area contributed by atoms with E-state index in [2.05, 4.69) is 60.9 Å². The summed E-state index contributed by atoms with van der Waals surface area (Å²) < 4.78 is 7.73. The number of hydrogen-bond donors (Lipinski definition) is 0. The van der Waals surface area contributed by atoms with E-state index in [9.17, 15) is 9.59 Å². The summed E-state index contributed by atoms with van der Waals surface area (Å²) in [6.07, 6.45) is 3.36. The van der Waals surface area contributed by atoms with Gasteiger partial charge >= 0.3 is 6.03 Å². The summed E-state index contributed by atoms with van der Waals surface area (Å²) in [5.41, 5.74) is 3.74. The molecule has 2 atom stereocenters. The van der Waals surface area contributed by atoms with Gasteiger partial charge in [0.25, 0.3) is 0 Å². The number of ether oxygens (including phenoxy) is 1. The molecular formula is C26H34N4O3. The van der Waals surface area contributed by atoms with Crippen LogP contribution in [0.25, 0.3) is 11.3 Å². The van der Waals surface area contributed by atoms with Crippen molar-refractivity contribution in [2.45, 2.75) is 52.2 Å². The van der Waals surface area contributed by atoms with Crippen molar-refractivity contribution in [2.75, 3.05) is 32.8 Å². The van der Waals surface area contributed by atoms with Crippen LogP contribution in [-0.2, 0) is 16.1 Å². The molecule has 2 aromatic rings. The van der Waals surface area contributed by atoms with Crippen LogP contribution < -0.4 is 0 Å².